The Morgan fingerprint density at radius 3 is 2.63 bits per heavy atom. The number of carbonyl (C=O) groups is 3. The number of amides is 2. The zero-order valence-electron chi connectivity index (χ0n) is 10.3. The van der Waals surface area contributed by atoms with Crippen molar-refractivity contribution in [3.05, 3.63) is 35.4 Å². The molecular weight excluding hydrogens is 252 g/mol. The minimum atomic E-state index is -1.31. The third kappa shape index (κ3) is 3.98. The van der Waals surface area contributed by atoms with Crippen molar-refractivity contribution in [3.63, 3.8) is 0 Å². The summed E-state index contributed by atoms with van der Waals surface area (Å²) in [5.41, 5.74) is 5.35. The number of esters is 1. The standard InChI is InChI=1S/C12H14N2O5/c1-2-19-11(17)8-5-3-4-7(6-8)9(10(15)16)14-12(13)18/h3-6,9H,2H2,1H3,(H,15,16)(H3,13,14,18). The third-order valence-corrected chi connectivity index (χ3v) is 2.26. The van der Waals surface area contributed by atoms with E-state index < -0.39 is 24.0 Å². The topological polar surface area (TPSA) is 119 Å². The van der Waals surface area contributed by atoms with Crippen molar-refractivity contribution < 1.29 is 24.2 Å². The van der Waals surface area contributed by atoms with Gasteiger partial charge in [-0.15, -0.1) is 0 Å². The second-order valence-corrected chi connectivity index (χ2v) is 3.63. The number of nitrogens with one attached hydrogen (secondary N) is 1. The van der Waals surface area contributed by atoms with E-state index >= 15 is 0 Å². The molecule has 102 valence electrons. The summed E-state index contributed by atoms with van der Waals surface area (Å²) < 4.78 is 4.81. The fourth-order valence-corrected chi connectivity index (χ4v) is 1.49. The van der Waals surface area contributed by atoms with Crippen molar-refractivity contribution in [2.75, 3.05) is 6.61 Å². The highest BCUT2D eigenvalue weighted by Crippen LogP contribution is 2.15. The van der Waals surface area contributed by atoms with Gasteiger partial charge in [0.25, 0.3) is 0 Å². The Morgan fingerprint density at radius 1 is 1.42 bits per heavy atom. The molecule has 0 spiro atoms. The molecule has 0 aliphatic heterocycles. The Kier molecular flexibility index (Phi) is 4.87. The number of carbonyl (C=O) groups excluding carboxylic acids is 2. The molecule has 0 heterocycles. The Morgan fingerprint density at radius 2 is 2.11 bits per heavy atom. The normalized spacial score (nSPS) is 11.4. The minimum absolute atomic E-state index is 0.205. The molecule has 0 bridgehead atoms. The van der Waals surface area contributed by atoms with E-state index in [2.05, 4.69) is 5.32 Å². The Bertz CT molecular complexity index is 501. The van der Waals surface area contributed by atoms with E-state index in [0.29, 0.717) is 0 Å². The summed E-state index contributed by atoms with van der Waals surface area (Å²) in [6, 6.07) is 3.52. The van der Waals surface area contributed by atoms with Gasteiger partial charge in [0.15, 0.2) is 6.04 Å². The molecule has 19 heavy (non-hydrogen) atoms. The molecule has 2 amide bonds. The fraction of sp³-hybridized carbons (Fsp3) is 0.250. The smallest absolute Gasteiger partial charge is 0.338 e. The molecule has 0 radical (unpaired) electrons. The number of urea groups is 1. The van der Waals surface area contributed by atoms with E-state index in [1.165, 1.54) is 24.3 Å². The second-order valence-electron chi connectivity index (χ2n) is 3.63. The molecule has 0 aliphatic carbocycles. The number of nitrogens with two attached hydrogens (primary N) is 1. The maximum absolute atomic E-state index is 11.5. The number of carboxylic acid groups (broad SMARTS) is 1. The largest absolute Gasteiger partial charge is 0.479 e. The van der Waals surface area contributed by atoms with Crippen LogP contribution in [0.25, 0.3) is 0 Å². The summed E-state index contributed by atoms with van der Waals surface area (Å²) in [5, 5.41) is 11.1. The van der Waals surface area contributed by atoms with E-state index in [1.807, 2.05) is 0 Å². The molecule has 4 N–H and O–H groups in total. The van der Waals surface area contributed by atoms with E-state index in [4.69, 9.17) is 15.6 Å². The molecule has 0 fully saturated rings. The van der Waals surface area contributed by atoms with Crippen LogP contribution >= 0.6 is 0 Å². The van der Waals surface area contributed by atoms with Crippen molar-refractivity contribution in [2.45, 2.75) is 13.0 Å². The maximum Gasteiger partial charge on any atom is 0.338 e. The van der Waals surface area contributed by atoms with Crippen LogP contribution in [0.1, 0.15) is 28.9 Å². The molecule has 1 aromatic carbocycles. The SMILES string of the molecule is CCOC(=O)c1cccc(C(NC(N)=O)C(=O)O)c1. The molecule has 1 aromatic rings. The zero-order chi connectivity index (χ0) is 14.4. The van der Waals surface area contributed by atoms with Crippen LogP contribution in [0.2, 0.25) is 0 Å². The van der Waals surface area contributed by atoms with Gasteiger partial charge in [-0.05, 0) is 24.6 Å². The molecule has 0 saturated heterocycles. The Labute approximate surface area is 109 Å². The summed E-state index contributed by atoms with van der Waals surface area (Å²) in [6.45, 7) is 1.88. The summed E-state index contributed by atoms with van der Waals surface area (Å²) in [4.78, 5) is 33.4. The second kappa shape index (κ2) is 6.39. The maximum atomic E-state index is 11.5. The number of hydrogen-bond donors (Lipinski definition) is 3. The highest BCUT2D eigenvalue weighted by molar-refractivity contribution is 5.90. The molecule has 0 aromatic heterocycles. The average molecular weight is 266 g/mol. The van der Waals surface area contributed by atoms with Crippen LogP contribution in [0, 0.1) is 0 Å². The van der Waals surface area contributed by atoms with Crippen LogP contribution in [0.4, 0.5) is 4.79 Å². The first-order valence-electron chi connectivity index (χ1n) is 5.51. The predicted molar refractivity (Wildman–Crippen MR) is 65.5 cm³/mol. The molecule has 0 aliphatic rings. The van der Waals surface area contributed by atoms with Gasteiger partial charge in [0.2, 0.25) is 0 Å². The van der Waals surface area contributed by atoms with Gasteiger partial charge in [-0.25, -0.2) is 14.4 Å². The first-order valence-corrected chi connectivity index (χ1v) is 5.51. The Balaban J connectivity index is 3.04. The first-order chi connectivity index (χ1) is 8.95. The number of rotatable bonds is 5. The number of hydrogen-bond acceptors (Lipinski definition) is 4. The number of primary amides is 1. The highest BCUT2D eigenvalue weighted by Gasteiger charge is 2.22. The predicted octanol–water partition coefficient (Wildman–Crippen LogP) is 0.657. The Hall–Kier alpha value is -2.57. The van der Waals surface area contributed by atoms with Crippen LogP contribution < -0.4 is 11.1 Å². The van der Waals surface area contributed by atoms with Gasteiger partial charge in [-0.3, -0.25) is 0 Å². The quantitative estimate of drug-likeness (QED) is 0.676. The lowest BCUT2D eigenvalue weighted by Gasteiger charge is -2.14. The van der Waals surface area contributed by atoms with Crippen LogP contribution in [0.3, 0.4) is 0 Å². The van der Waals surface area contributed by atoms with Crippen molar-refractivity contribution >= 4 is 18.0 Å². The molecular formula is C12H14N2O5. The van der Waals surface area contributed by atoms with Gasteiger partial charge in [-0.2, -0.15) is 0 Å². The molecule has 7 heteroatoms. The van der Waals surface area contributed by atoms with E-state index in [-0.39, 0.29) is 17.7 Å². The number of aliphatic carboxylic acids is 1. The van der Waals surface area contributed by atoms with E-state index in [1.54, 1.807) is 6.92 Å². The van der Waals surface area contributed by atoms with Gasteiger partial charge in [0, 0.05) is 0 Å². The zero-order valence-corrected chi connectivity index (χ0v) is 10.3. The first kappa shape index (κ1) is 14.5. The molecule has 1 rings (SSSR count). The van der Waals surface area contributed by atoms with Crippen LogP contribution in [0.5, 0.6) is 0 Å². The van der Waals surface area contributed by atoms with Crippen LogP contribution in [-0.2, 0) is 9.53 Å². The monoisotopic (exact) mass is 266 g/mol. The molecule has 1 atom stereocenters. The summed E-state index contributed by atoms with van der Waals surface area (Å²) in [5.74, 6) is -1.84. The summed E-state index contributed by atoms with van der Waals surface area (Å²) >= 11 is 0. The molecule has 0 saturated carbocycles. The van der Waals surface area contributed by atoms with Crippen molar-refractivity contribution in [2.24, 2.45) is 5.73 Å². The van der Waals surface area contributed by atoms with Crippen LogP contribution in [0.15, 0.2) is 24.3 Å². The lowest BCUT2D eigenvalue weighted by Crippen LogP contribution is -2.37. The average Bonchev–Trinajstić information content (AvgIpc) is 2.36. The number of carboxylic acids is 1. The minimum Gasteiger partial charge on any atom is -0.479 e. The lowest BCUT2D eigenvalue weighted by atomic mass is 10.0. The van der Waals surface area contributed by atoms with E-state index in [9.17, 15) is 14.4 Å². The van der Waals surface area contributed by atoms with Gasteiger partial charge in [0.1, 0.15) is 0 Å². The van der Waals surface area contributed by atoms with Crippen molar-refractivity contribution in [1.29, 1.82) is 0 Å². The van der Waals surface area contributed by atoms with Gasteiger partial charge in [0.05, 0.1) is 12.2 Å². The molecule has 1 unspecified atom stereocenters. The van der Waals surface area contributed by atoms with Crippen LogP contribution in [-0.4, -0.2) is 29.7 Å². The lowest BCUT2D eigenvalue weighted by molar-refractivity contribution is -0.139. The third-order valence-electron chi connectivity index (χ3n) is 2.26. The summed E-state index contributed by atoms with van der Waals surface area (Å²) in [6.07, 6.45) is 0. The van der Waals surface area contributed by atoms with Crippen molar-refractivity contribution in [1.82, 2.24) is 5.32 Å². The van der Waals surface area contributed by atoms with E-state index in [0.717, 1.165) is 0 Å². The highest BCUT2D eigenvalue weighted by atomic mass is 16.5. The summed E-state index contributed by atoms with van der Waals surface area (Å²) in [7, 11) is 0. The van der Waals surface area contributed by atoms with Gasteiger partial charge in [-0.1, -0.05) is 12.1 Å². The van der Waals surface area contributed by atoms with Gasteiger partial charge < -0.3 is 20.9 Å². The fourth-order valence-electron chi connectivity index (χ4n) is 1.49. The number of ether oxygens (including phenoxy) is 1. The molecule has 7 nitrogen and oxygen atoms in total. The number of benzene rings is 1. The van der Waals surface area contributed by atoms with Crippen molar-refractivity contribution in [3.8, 4) is 0 Å². The van der Waals surface area contributed by atoms with Gasteiger partial charge >= 0.3 is 18.0 Å².